The van der Waals surface area contributed by atoms with Gasteiger partial charge in [0.2, 0.25) is 5.91 Å². The van der Waals surface area contributed by atoms with E-state index in [1.807, 2.05) is 25.2 Å². The summed E-state index contributed by atoms with van der Waals surface area (Å²) in [6.07, 6.45) is 8.50. The van der Waals surface area contributed by atoms with Crippen molar-refractivity contribution in [2.24, 2.45) is 0 Å². The number of hydrogen-bond donors (Lipinski definition) is 2. The smallest absolute Gasteiger partial charge is 0.247 e. The van der Waals surface area contributed by atoms with Crippen molar-refractivity contribution < 1.29 is 9.53 Å². The summed E-state index contributed by atoms with van der Waals surface area (Å²) in [5.41, 5.74) is 0.628. The Bertz CT molecular complexity index is 349. The third-order valence-electron chi connectivity index (χ3n) is 3.30. The lowest BCUT2D eigenvalue weighted by Gasteiger charge is -2.22. The Kier molecular flexibility index (Phi) is 3.12. The minimum absolute atomic E-state index is 0.0348. The maximum atomic E-state index is 12.0. The van der Waals surface area contributed by atoms with E-state index in [4.69, 9.17) is 4.74 Å². The summed E-state index contributed by atoms with van der Waals surface area (Å²) in [6.45, 7) is 1.97. The van der Waals surface area contributed by atoms with Crippen LogP contribution in [0.2, 0.25) is 0 Å². The lowest BCUT2D eigenvalue weighted by molar-refractivity contribution is -0.123. The first-order chi connectivity index (χ1) is 7.73. The number of hydrogen-bond acceptors (Lipinski definition) is 3. The molecule has 1 aliphatic carbocycles. The SMILES string of the molecule is C/C=C\C=C1/CCCC12NC(OC)NC2=O. The van der Waals surface area contributed by atoms with Gasteiger partial charge < -0.3 is 10.1 Å². The predicted molar refractivity (Wildman–Crippen MR) is 61.6 cm³/mol. The van der Waals surface area contributed by atoms with Crippen LogP contribution in [0.25, 0.3) is 0 Å². The molecule has 4 heteroatoms. The number of amides is 1. The van der Waals surface area contributed by atoms with Crippen LogP contribution in [-0.4, -0.2) is 24.9 Å². The average Bonchev–Trinajstić information content (AvgIpc) is 2.83. The average molecular weight is 222 g/mol. The van der Waals surface area contributed by atoms with Gasteiger partial charge in [0.1, 0.15) is 5.54 Å². The Labute approximate surface area is 95.7 Å². The van der Waals surface area contributed by atoms with Crippen LogP contribution in [0.5, 0.6) is 0 Å². The fourth-order valence-corrected chi connectivity index (χ4v) is 2.47. The number of allylic oxidation sites excluding steroid dienone is 3. The van der Waals surface area contributed by atoms with E-state index in [0.717, 1.165) is 24.8 Å². The maximum Gasteiger partial charge on any atom is 0.247 e. The zero-order valence-electron chi connectivity index (χ0n) is 9.75. The van der Waals surface area contributed by atoms with E-state index >= 15 is 0 Å². The minimum atomic E-state index is -0.528. The molecule has 0 aromatic carbocycles. The van der Waals surface area contributed by atoms with Gasteiger partial charge in [-0.25, -0.2) is 0 Å². The summed E-state index contributed by atoms with van der Waals surface area (Å²) < 4.78 is 5.13. The van der Waals surface area contributed by atoms with Crippen molar-refractivity contribution in [3.05, 3.63) is 23.8 Å². The standard InChI is InChI=1S/C12H18N2O2/c1-3-4-6-9-7-5-8-12(9)10(15)13-11(14-12)16-2/h3-4,6,11,14H,5,7-8H2,1-2H3,(H,13,15)/b4-3-,9-6+. The molecule has 88 valence electrons. The molecule has 0 bridgehead atoms. The number of carbonyl (C=O) groups excluding carboxylic acids is 1. The first kappa shape index (κ1) is 11.4. The fraction of sp³-hybridized carbons (Fsp3) is 0.583. The van der Waals surface area contributed by atoms with Crippen LogP contribution < -0.4 is 10.6 Å². The number of methoxy groups -OCH3 is 1. The van der Waals surface area contributed by atoms with Crippen LogP contribution in [0, 0.1) is 0 Å². The molecule has 2 N–H and O–H groups in total. The van der Waals surface area contributed by atoms with Crippen molar-refractivity contribution in [2.45, 2.75) is 38.1 Å². The highest BCUT2D eigenvalue weighted by atomic mass is 16.5. The molecule has 16 heavy (non-hydrogen) atoms. The van der Waals surface area contributed by atoms with Crippen LogP contribution in [0.1, 0.15) is 26.2 Å². The summed E-state index contributed by atoms with van der Waals surface area (Å²) >= 11 is 0. The van der Waals surface area contributed by atoms with Gasteiger partial charge in [-0.05, 0) is 31.8 Å². The molecule has 2 aliphatic rings. The minimum Gasteiger partial charge on any atom is -0.348 e. The molecule has 1 aliphatic heterocycles. The molecule has 0 radical (unpaired) electrons. The van der Waals surface area contributed by atoms with Gasteiger partial charge in [0, 0.05) is 7.11 Å². The molecular formula is C12H18N2O2. The molecule has 0 aromatic rings. The molecule has 0 aromatic heterocycles. The molecule has 2 fully saturated rings. The van der Waals surface area contributed by atoms with Crippen molar-refractivity contribution >= 4 is 5.91 Å². The van der Waals surface area contributed by atoms with E-state index in [0.29, 0.717) is 0 Å². The second-order valence-corrected chi connectivity index (χ2v) is 4.21. The second kappa shape index (κ2) is 4.39. The van der Waals surface area contributed by atoms with Crippen LogP contribution in [0.3, 0.4) is 0 Å². The molecule has 1 heterocycles. The van der Waals surface area contributed by atoms with Gasteiger partial charge in [-0.1, -0.05) is 18.2 Å². The van der Waals surface area contributed by atoms with Crippen LogP contribution in [0.15, 0.2) is 23.8 Å². The Morgan fingerprint density at radius 3 is 3.00 bits per heavy atom. The topological polar surface area (TPSA) is 50.4 Å². The number of rotatable bonds is 2. The van der Waals surface area contributed by atoms with Gasteiger partial charge in [-0.2, -0.15) is 0 Å². The molecule has 1 saturated heterocycles. The third kappa shape index (κ3) is 1.68. The number of carbonyl (C=O) groups is 1. The van der Waals surface area contributed by atoms with Gasteiger partial charge in [0.15, 0.2) is 6.35 Å². The lowest BCUT2D eigenvalue weighted by atomic mass is 9.92. The Morgan fingerprint density at radius 1 is 1.56 bits per heavy atom. The third-order valence-corrected chi connectivity index (χ3v) is 3.30. The van der Waals surface area contributed by atoms with E-state index in [1.54, 1.807) is 7.11 Å². The molecule has 2 rings (SSSR count). The van der Waals surface area contributed by atoms with Gasteiger partial charge in [-0.15, -0.1) is 0 Å². The highest BCUT2D eigenvalue weighted by Crippen LogP contribution is 2.38. The van der Waals surface area contributed by atoms with Crippen molar-refractivity contribution in [1.29, 1.82) is 0 Å². The zero-order valence-corrected chi connectivity index (χ0v) is 9.75. The monoisotopic (exact) mass is 222 g/mol. The molecular weight excluding hydrogens is 204 g/mol. The summed E-state index contributed by atoms with van der Waals surface area (Å²) in [6, 6.07) is 0. The Morgan fingerprint density at radius 2 is 2.38 bits per heavy atom. The van der Waals surface area contributed by atoms with Crippen LogP contribution in [0.4, 0.5) is 0 Å². The first-order valence-electron chi connectivity index (χ1n) is 5.67. The largest absolute Gasteiger partial charge is 0.348 e. The fourth-order valence-electron chi connectivity index (χ4n) is 2.47. The highest BCUT2D eigenvalue weighted by molar-refractivity contribution is 5.92. The number of ether oxygens (including phenoxy) is 1. The van der Waals surface area contributed by atoms with Crippen molar-refractivity contribution in [1.82, 2.24) is 10.6 Å². The number of nitrogens with one attached hydrogen (secondary N) is 2. The van der Waals surface area contributed by atoms with E-state index in [9.17, 15) is 4.79 Å². The summed E-state index contributed by atoms with van der Waals surface area (Å²) in [5, 5.41) is 6.05. The highest BCUT2D eigenvalue weighted by Gasteiger charge is 2.51. The molecule has 2 unspecified atom stereocenters. The normalized spacial score (nSPS) is 36.8. The molecule has 1 saturated carbocycles. The molecule has 4 nitrogen and oxygen atoms in total. The second-order valence-electron chi connectivity index (χ2n) is 4.21. The van der Waals surface area contributed by atoms with E-state index in [2.05, 4.69) is 10.6 Å². The van der Waals surface area contributed by atoms with Gasteiger partial charge in [-0.3, -0.25) is 10.1 Å². The van der Waals surface area contributed by atoms with E-state index < -0.39 is 5.54 Å². The lowest BCUT2D eigenvalue weighted by Crippen LogP contribution is -2.46. The summed E-state index contributed by atoms with van der Waals surface area (Å²) in [7, 11) is 1.58. The Hall–Kier alpha value is -1.13. The van der Waals surface area contributed by atoms with Crippen molar-refractivity contribution in [3.8, 4) is 0 Å². The molecule has 1 amide bonds. The quantitative estimate of drug-likeness (QED) is 0.734. The Balaban J connectivity index is 2.26. The van der Waals surface area contributed by atoms with Crippen LogP contribution >= 0.6 is 0 Å². The molecule has 1 spiro atoms. The van der Waals surface area contributed by atoms with E-state index in [1.165, 1.54) is 0 Å². The van der Waals surface area contributed by atoms with Gasteiger partial charge >= 0.3 is 0 Å². The summed E-state index contributed by atoms with van der Waals surface area (Å²) in [4.78, 5) is 12.0. The molecule has 2 atom stereocenters. The maximum absolute atomic E-state index is 12.0. The van der Waals surface area contributed by atoms with Gasteiger partial charge in [0.25, 0.3) is 0 Å². The summed E-state index contributed by atoms with van der Waals surface area (Å²) in [5.74, 6) is 0.0348. The van der Waals surface area contributed by atoms with Crippen molar-refractivity contribution in [3.63, 3.8) is 0 Å². The van der Waals surface area contributed by atoms with Gasteiger partial charge in [0.05, 0.1) is 0 Å². The van der Waals surface area contributed by atoms with E-state index in [-0.39, 0.29) is 12.3 Å². The van der Waals surface area contributed by atoms with Crippen LogP contribution in [-0.2, 0) is 9.53 Å². The first-order valence-corrected chi connectivity index (χ1v) is 5.67. The predicted octanol–water partition coefficient (Wildman–Crippen LogP) is 1.06. The van der Waals surface area contributed by atoms with Crippen molar-refractivity contribution in [2.75, 3.05) is 7.11 Å². The zero-order chi connectivity index (χ0) is 11.6.